The van der Waals surface area contributed by atoms with Crippen molar-refractivity contribution in [3.63, 3.8) is 0 Å². The van der Waals surface area contributed by atoms with E-state index in [-0.39, 0.29) is 22.2 Å². The monoisotopic (exact) mass is 506 g/mol. The fraction of sp³-hybridized carbons (Fsp3) is 0.263. The van der Waals surface area contributed by atoms with Gasteiger partial charge >= 0.3 is 5.97 Å². The van der Waals surface area contributed by atoms with Crippen molar-refractivity contribution < 1.29 is 24.7 Å². The number of fused-ring (bicyclic) bond motifs is 1. The largest absolute Gasteiger partial charge is 0.477 e. The average molecular weight is 507 g/mol. The first-order chi connectivity index (χ1) is 15.9. The van der Waals surface area contributed by atoms with E-state index >= 15 is 0 Å². The molecule has 4 rings (SSSR count). The molecule has 33 heavy (non-hydrogen) atoms. The van der Waals surface area contributed by atoms with Crippen LogP contribution < -0.4 is 11.1 Å². The van der Waals surface area contributed by atoms with Crippen molar-refractivity contribution in [1.82, 2.24) is 20.2 Å². The maximum Gasteiger partial charge on any atom is 0.353 e. The maximum absolute atomic E-state index is 12.8. The number of aromatic nitrogens is 2. The summed E-state index contributed by atoms with van der Waals surface area (Å²) in [5.41, 5.74) is 5.21. The first-order valence-corrected chi connectivity index (χ1v) is 12.5. The number of thiazole rings is 1. The summed E-state index contributed by atoms with van der Waals surface area (Å²) >= 11 is 3.91. The topological polar surface area (TPSA) is 171 Å². The van der Waals surface area contributed by atoms with Crippen molar-refractivity contribution in [2.24, 2.45) is 5.16 Å². The van der Waals surface area contributed by atoms with E-state index in [4.69, 9.17) is 5.73 Å². The lowest BCUT2D eigenvalue weighted by atomic mass is 9.86. The molecule has 0 unspecified atom stereocenters. The Hall–Kier alpha value is -3.10. The molecule has 0 bridgehead atoms. The normalized spacial score (nSPS) is 20.3. The van der Waals surface area contributed by atoms with E-state index in [2.05, 4.69) is 20.4 Å². The van der Waals surface area contributed by atoms with E-state index in [1.807, 2.05) is 18.2 Å². The van der Waals surface area contributed by atoms with Crippen LogP contribution in [0.15, 0.2) is 50.6 Å². The van der Waals surface area contributed by atoms with Gasteiger partial charge in [-0.2, -0.15) is 0 Å². The number of hydrogen-bond donors (Lipinski definition) is 4. The van der Waals surface area contributed by atoms with Crippen LogP contribution >= 0.6 is 34.9 Å². The van der Waals surface area contributed by atoms with Gasteiger partial charge in [-0.1, -0.05) is 23.0 Å². The number of carboxylic acid groups (broad SMARTS) is 1. The lowest BCUT2D eigenvalue weighted by Crippen LogP contribution is -2.72. The Balaban J connectivity index is 1.44. The number of nitrogens with one attached hydrogen (secondary N) is 1. The minimum Gasteiger partial charge on any atom is -0.477 e. The van der Waals surface area contributed by atoms with Crippen molar-refractivity contribution in [1.29, 1.82) is 0 Å². The molecule has 2 amide bonds. The minimum atomic E-state index is -1.20. The molecule has 172 valence electrons. The van der Waals surface area contributed by atoms with Crippen LogP contribution in [0.4, 0.5) is 5.13 Å². The van der Waals surface area contributed by atoms with E-state index < -0.39 is 29.9 Å². The van der Waals surface area contributed by atoms with Gasteiger partial charge in [-0.25, -0.2) is 14.8 Å². The molecule has 14 heteroatoms. The smallest absolute Gasteiger partial charge is 0.353 e. The molecule has 2 atom stereocenters. The highest BCUT2D eigenvalue weighted by Gasteiger charge is 2.53. The van der Waals surface area contributed by atoms with E-state index in [1.54, 1.807) is 6.20 Å². The molecule has 1 saturated heterocycles. The summed E-state index contributed by atoms with van der Waals surface area (Å²) in [5, 5.41) is 27.5. The van der Waals surface area contributed by atoms with Gasteiger partial charge < -0.3 is 21.4 Å². The predicted octanol–water partition coefficient (Wildman–Crippen LogP) is 1.57. The quantitative estimate of drug-likeness (QED) is 0.103. The number of anilines is 1. The van der Waals surface area contributed by atoms with E-state index in [9.17, 15) is 24.7 Å². The summed E-state index contributed by atoms with van der Waals surface area (Å²) in [4.78, 5) is 47.3. The molecule has 0 radical (unpaired) electrons. The summed E-state index contributed by atoms with van der Waals surface area (Å²) in [6, 6.07) is 4.13. The Kier molecular flexibility index (Phi) is 6.85. The molecule has 5 N–H and O–H groups in total. The molecule has 2 aromatic heterocycles. The number of nitrogens with zero attached hydrogens (tertiary/aromatic N) is 4. The van der Waals surface area contributed by atoms with Crippen molar-refractivity contribution >= 4 is 63.5 Å². The van der Waals surface area contributed by atoms with Crippen LogP contribution in [0.5, 0.6) is 0 Å². The van der Waals surface area contributed by atoms with E-state index in [0.29, 0.717) is 22.8 Å². The van der Waals surface area contributed by atoms with Crippen molar-refractivity contribution in [3.8, 4) is 0 Å². The fourth-order valence-corrected chi connectivity index (χ4v) is 6.31. The zero-order valence-corrected chi connectivity index (χ0v) is 19.3. The Morgan fingerprint density at radius 1 is 1.36 bits per heavy atom. The van der Waals surface area contributed by atoms with Crippen LogP contribution in [0.3, 0.4) is 0 Å². The first kappa shape index (κ1) is 23.1. The van der Waals surface area contributed by atoms with Gasteiger partial charge in [-0.05, 0) is 25.0 Å². The maximum atomic E-state index is 12.8. The summed E-state index contributed by atoms with van der Waals surface area (Å²) in [7, 11) is 0. The lowest BCUT2D eigenvalue weighted by Gasteiger charge is -2.50. The number of thioether (sulfide) groups is 2. The summed E-state index contributed by atoms with van der Waals surface area (Å²) in [6.07, 6.45) is 2.63. The zero-order chi connectivity index (χ0) is 23.5. The SMILES string of the molecule is Nc1nc(/C(=N/O)C(=O)N[C@@H]2C(=O)N3C(C(=O)O)=C(SCSc4ccccn4)CC[C@@H]23)cs1. The number of nitrogen functional groups attached to an aromatic ring is 1. The molecule has 11 nitrogen and oxygen atoms in total. The van der Waals surface area contributed by atoms with E-state index in [1.165, 1.54) is 33.8 Å². The highest BCUT2D eigenvalue weighted by atomic mass is 32.2. The van der Waals surface area contributed by atoms with Gasteiger partial charge in [0, 0.05) is 21.6 Å². The Labute approximate surface area is 200 Å². The van der Waals surface area contributed by atoms with Crippen LogP contribution in [0.25, 0.3) is 0 Å². The van der Waals surface area contributed by atoms with Crippen LogP contribution in [0, 0.1) is 0 Å². The molecule has 2 aromatic rings. The second kappa shape index (κ2) is 9.80. The fourth-order valence-electron chi connectivity index (χ4n) is 3.58. The molecule has 0 saturated carbocycles. The summed E-state index contributed by atoms with van der Waals surface area (Å²) in [5.74, 6) is -2.52. The molecule has 0 spiro atoms. The Morgan fingerprint density at radius 2 is 2.18 bits per heavy atom. The van der Waals surface area contributed by atoms with Gasteiger partial charge in [-0.15, -0.1) is 23.1 Å². The first-order valence-electron chi connectivity index (χ1n) is 9.61. The molecule has 2 aliphatic rings. The number of aliphatic carboxylic acids is 1. The van der Waals surface area contributed by atoms with Crippen molar-refractivity contribution in [2.75, 3.05) is 10.8 Å². The van der Waals surface area contributed by atoms with Crippen LogP contribution in [0.1, 0.15) is 18.5 Å². The number of carbonyl (C=O) groups is 3. The Bertz CT molecular complexity index is 1150. The molecule has 1 fully saturated rings. The number of oxime groups is 1. The third-order valence-electron chi connectivity index (χ3n) is 5.04. The second-order valence-electron chi connectivity index (χ2n) is 6.94. The summed E-state index contributed by atoms with van der Waals surface area (Å²) < 4.78 is 0. The molecule has 2 aliphatic heterocycles. The van der Waals surface area contributed by atoms with Gasteiger partial charge in [0.2, 0.25) is 0 Å². The average Bonchev–Trinajstić information content (AvgIpc) is 3.23. The van der Waals surface area contributed by atoms with Gasteiger partial charge in [0.25, 0.3) is 11.8 Å². The highest BCUT2D eigenvalue weighted by Crippen LogP contribution is 2.42. The van der Waals surface area contributed by atoms with Gasteiger partial charge in [0.15, 0.2) is 10.8 Å². The third kappa shape index (κ3) is 4.67. The summed E-state index contributed by atoms with van der Waals surface area (Å²) in [6.45, 7) is 0. The van der Waals surface area contributed by atoms with Gasteiger partial charge in [0.1, 0.15) is 17.4 Å². The predicted molar refractivity (Wildman–Crippen MR) is 124 cm³/mol. The Morgan fingerprint density at radius 3 is 2.82 bits per heavy atom. The number of pyridine rings is 1. The molecule has 0 aliphatic carbocycles. The molecular weight excluding hydrogens is 488 g/mol. The second-order valence-corrected chi connectivity index (χ2v) is 10.3. The minimum absolute atomic E-state index is 0.0586. The lowest BCUT2D eigenvalue weighted by molar-refractivity contribution is -0.155. The molecule has 0 aromatic carbocycles. The van der Waals surface area contributed by atoms with Crippen LogP contribution in [-0.2, 0) is 14.4 Å². The zero-order valence-electron chi connectivity index (χ0n) is 16.9. The number of rotatable bonds is 8. The number of β-lactam (4-membered cyclic amide) rings is 1. The number of allylic oxidation sites excluding steroid dienone is 1. The van der Waals surface area contributed by atoms with Gasteiger partial charge in [0.05, 0.1) is 11.1 Å². The number of carboxylic acids is 1. The standard InChI is InChI=1S/C19H18N6O5S3/c20-19-22-9(7-31-19)13(24-30)16(26)23-14-10-4-5-11(15(18(28)29)25(10)17(14)27)32-8-33-12-3-1-2-6-21-12/h1-3,6-7,10,14,30H,4-5,8H2,(H2,20,22)(H,23,26)(H,28,29)/b24-13-/t10-,14-/m0/s1. The van der Waals surface area contributed by atoms with E-state index in [0.717, 1.165) is 16.4 Å². The van der Waals surface area contributed by atoms with Crippen LogP contribution in [-0.4, -0.2) is 65.8 Å². The molecular formula is C19H18N6O5S3. The number of amides is 2. The van der Waals surface area contributed by atoms with Crippen LogP contribution in [0.2, 0.25) is 0 Å². The molecule has 4 heterocycles. The number of hydrogen-bond acceptors (Lipinski definition) is 11. The number of carbonyl (C=O) groups excluding carboxylic acids is 2. The third-order valence-corrected chi connectivity index (χ3v) is 7.94. The number of nitrogens with two attached hydrogens (primary N) is 1. The van der Waals surface area contributed by atoms with Gasteiger partial charge in [-0.3, -0.25) is 14.5 Å². The highest BCUT2D eigenvalue weighted by molar-refractivity contribution is 8.17. The van der Waals surface area contributed by atoms with Crippen molar-refractivity contribution in [3.05, 3.63) is 46.1 Å². The van der Waals surface area contributed by atoms with Crippen molar-refractivity contribution in [2.45, 2.75) is 30.0 Å².